The molecular weight excluding hydrogens is 324 g/mol. The molecule has 3 rings (SSSR count). The molecule has 1 aliphatic rings. The minimum absolute atomic E-state index is 0. The van der Waals surface area contributed by atoms with Crippen LogP contribution in [0, 0.1) is 0 Å². The highest BCUT2D eigenvalue weighted by Crippen LogP contribution is 2.31. The normalized spacial score (nSPS) is 13.1. The van der Waals surface area contributed by atoms with Crippen LogP contribution >= 0.6 is 12.4 Å². The second-order valence-corrected chi connectivity index (χ2v) is 5.78. The number of fused-ring (bicyclic) bond motifs is 1. The van der Waals surface area contributed by atoms with E-state index in [1.807, 2.05) is 53.4 Å². The van der Waals surface area contributed by atoms with Crippen LogP contribution in [0.25, 0.3) is 0 Å². The standard InChI is InChI=1S/C19H22N2O2.ClH/c20-17-9-4-10-18-16(17)8-5-12-21(18)19(22)11-13-23-14-15-6-2-1-3-7-15;/h1-4,6-7,9-10H,5,8,11-14,20H2;1H. The quantitative estimate of drug-likeness (QED) is 0.665. The number of halogens is 1. The maximum Gasteiger partial charge on any atom is 0.229 e. The number of carbonyl (C=O) groups is 1. The molecule has 1 aliphatic heterocycles. The van der Waals surface area contributed by atoms with Crippen LogP contribution in [0.5, 0.6) is 0 Å². The lowest BCUT2D eigenvalue weighted by Gasteiger charge is -2.30. The maximum atomic E-state index is 12.5. The second-order valence-electron chi connectivity index (χ2n) is 5.78. The van der Waals surface area contributed by atoms with E-state index in [0.29, 0.717) is 19.6 Å². The van der Waals surface area contributed by atoms with Crippen LogP contribution in [-0.4, -0.2) is 19.1 Å². The van der Waals surface area contributed by atoms with Crippen molar-refractivity contribution in [3.8, 4) is 0 Å². The van der Waals surface area contributed by atoms with Gasteiger partial charge in [-0.1, -0.05) is 36.4 Å². The van der Waals surface area contributed by atoms with Crippen molar-refractivity contribution in [1.82, 2.24) is 0 Å². The van der Waals surface area contributed by atoms with E-state index in [2.05, 4.69) is 0 Å². The SMILES string of the molecule is Cl.Nc1cccc2c1CCCN2C(=O)CCOCc1ccccc1. The van der Waals surface area contributed by atoms with Crippen molar-refractivity contribution in [2.24, 2.45) is 0 Å². The van der Waals surface area contributed by atoms with Crippen molar-refractivity contribution in [2.45, 2.75) is 25.9 Å². The van der Waals surface area contributed by atoms with Gasteiger partial charge in [0.15, 0.2) is 0 Å². The minimum atomic E-state index is 0. The van der Waals surface area contributed by atoms with Crippen LogP contribution in [0.4, 0.5) is 11.4 Å². The van der Waals surface area contributed by atoms with E-state index in [9.17, 15) is 4.79 Å². The summed E-state index contributed by atoms with van der Waals surface area (Å²) in [6.45, 7) is 1.73. The van der Waals surface area contributed by atoms with E-state index < -0.39 is 0 Å². The zero-order valence-electron chi connectivity index (χ0n) is 13.6. The number of benzene rings is 2. The number of nitrogen functional groups attached to an aromatic ring is 1. The van der Waals surface area contributed by atoms with Gasteiger partial charge < -0.3 is 15.4 Å². The first-order chi connectivity index (χ1) is 11.3. The number of anilines is 2. The molecular formula is C19H23ClN2O2. The zero-order chi connectivity index (χ0) is 16.1. The van der Waals surface area contributed by atoms with Gasteiger partial charge in [0.2, 0.25) is 5.91 Å². The monoisotopic (exact) mass is 346 g/mol. The van der Waals surface area contributed by atoms with E-state index in [1.54, 1.807) is 0 Å². The van der Waals surface area contributed by atoms with Crippen molar-refractivity contribution >= 4 is 29.7 Å². The third-order valence-corrected chi connectivity index (χ3v) is 4.16. The highest BCUT2D eigenvalue weighted by molar-refractivity contribution is 5.95. The molecule has 4 nitrogen and oxygen atoms in total. The topological polar surface area (TPSA) is 55.6 Å². The number of rotatable bonds is 5. The van der Waals surface area contributed by atoms with E-state index in [0.717, 1.165) is 41.9 Å². The molecule has 0 aliphatic carbocycles. The molecule has 0 saturated carbocycles. The molecule has 0 bridgehead atoms. The Labute approximate surface area is 149 Å². The molecule has 5 heteroatoms. The molecule has 2 aromatic carbocycles. The summed E-state index contributed by atoms with van der Waals surface area (Å²) in [4.78, 5) is 14.3. The van der Waals surface area contributed by atoms with E-state index in [4.69, 9.17) is 10.5 Å². The highest BCUT2D eigenvalue weighted by Gasteiger charge is 2.23. The number of ether oxygens (including phenoxy) is 1. The van der Waals surface area contributed by atoms with E-state index in [1.165, 1.54) is 0 Å². The van der Waals surface area contributed by atoms with Crippen LogP contribution < -0.4 is 10.6 Å². The van der Waals surface area contributed by atoms with Crippen LogP contribution in [0.2, 0.25) is 0 Å². The maximum absolute atomic E-state index is 12.5. The van der Waals surface area contributed by atoms with Crippen molar-refractivity contribution < 1.29 is 9.53 Å². The Bertz CT molecular complexity index is 676. The molecule has 2 N–H and O–H groups in total. The summed E-state index contributed by atoms with van der Waals surface area (Å²) in [7, 11) is 0. The molecule has 2 aromatic rings. The van der Waals surface area contributed by atoms with Crippen LogP contribution in [-0.2, 0) is 22.6 Å². The Morgan fingerprint density at radius 1 is 1.12 bits per heavy atom. The number of amides is 1. The van der Waals surface area contributed by atoms with Crippen LogP contribution in [0.15, 0.2) is 48.5 Å². The van der Waals surface area contributed by atoms with Gasteiger partial charge in [0.1, 0.15) is 0 Å². The van der Waals surface area contributed by atoms with Crippen molar-refractivity contribution in [1.29, 1.82) is 0 Å². The van der Waals surface area contributed by atoms with Gasteiger partial charge >= 0.3 is 0 Å². The zero-order valence-corrected chi connectivity index (χ0v) is 14.4. The van der Waals surface area contributed by atoms with Crippen LogP contribution in [0.3, 0.4) is 0 Å². The van der Waals surface area contributed by atoms with Gasteiger partial charge in [-0.15, -0.1) is 12.4 Å². The van der Waals surface area contributed by atoms with Gasteiger partial charge in [-0.2, -0.15) is 0 Å². The van der Waals surface area contributed by atoms with Crippen LogP contribution in [0.1, 0.15) is 24.0 Å². The second kappa shape index (κ2) is 8.71. The largest absolute Gasteiger partial charge is 0.398 e. The number of carbonyl (C=O) groups excluding carboxylic acids is 1. The lowest BCUT2D eigenvalue weighted by atomic mass is 9.99. The van der Waals surface area contributed by atoms with Gasteiger partial charge in [0.05, 0.1) is 19.6 Å². The van der Waals surface area contributed by atoms with Crippen molar-refractivity contribution in [3.05, 3.63) is 59.7 Å². The summed E-state index contributed by atoms with van der Waals surface area (Å²) in [5.41, 5.74) is 9.98. The van der Waals surface area contributed by atoms with Gasteiger partial charge in [-0.05, 0) is 36.1 Å². The van der Waals surface area contributed by atoms with Gasteiger partial charge in [0.25, 0.3) is 0 Å². The molecule has 1 heterocycles. The Balaban J connectivity index is 0.00000208. The molecule has 128 valence electrons. The predicted octanol–water partition coefficient (Wildman–Crippen LogP) is 3.58. The first kappa shape index (κ1) is 18.3. The molecule has 0 fully saturated rings. The molecule has 1 amide bonds. The summed E-state index contributed by atoms with van der Waals surface area (Å²) >= 11 is 0. The molecule has 0 saturated heterocycles. The van der Waals surface area contributed by atoms with E-state index >= 15 is 0 Å². The third kappa shape index (κ3) is 4.28. The number of nitrogens with zero attached hydrogens (tertiary/aromatic N) is 1. The Morgan fingerprint density at radius 2 is 1.92 bits per heavy atom. The highest BCUT2D eigenvalue weighted by atomic mass is 35.5. The van der Waals surface area contributed by atoms with Gasteiger partial charge in [0, 0.05) is 17.9 Å². The smallest absolute Gasteiger partial charge is 0.229 e. The molecule has 0 unspecified atom stereocenters. The summed E-state index contributed by atoms with van der Waals surface area (Å²) in [6, 6.07) is 15.8. The average molecular weight is 347 g/mol. The first-order valence-corrected chi connectivity index (χ1v) is 8.05. The number of hydrogen-bond acceptors (Lipinski definition) is 3. The Kier molecular flexibility index (Phi) is 6.64. The minimum Gasteiger partial charge on any atom is -0.398 e. The predicted molar refractivity (Wildman–Crippen MR) is 99.5 cm³/mol. The Morgan fingerprint density at radius 3 is 2.71 bits per heavy atom. The van der Waals surface area contributed by atoms with Crippen molar-refractivity contribution in [2.75, 3.05) is 23.8 Å². The molecule has 0 atom stereocenters. The Hall–Kier alpha value is -2.04. The summed E-state index contributed by atoms with van der Waals surface area (Å²) in [5, 5.41) is 0. The third-order valence-electron chi connectivity index (χ3n) is 4.16. The van der Waals surface area contributed by atoms with Gasteiger partial charge in [-0.25, -0.2) is 0 Å². The first-order valence-electron chi connectivity index (χ1n) is 8.05. The fraction of sp³-hybridized carbons (Fsp3) is 0.316. The number of hydrogen-bond donors (Lipinski definition) is 1. The molecule has 0 radical (unpaired) electrons. The molecule has 0 aromatic heterocycles. The van der Waals surface area contributed by atoms with E-state index in [-0.39, 0.29) is 18.3 Å². The lowest BCUT2D eigenvalue weighted by molar-refractivity contribution is -0.119. The molecule has 24 heavy (non-hydrogen) atoms. The lowest BCUT2D eigenvalue weighted by Crippen LogP contribution is -2.36. The summed E-state index contributed by atoms with van der Waals surface area (Å²) in [6.07, 6.45) is 2.29. The molecule has 0 spiro atoms. The summed E-state index contributed by atoms with van der Waals surface area (Å²) < 4.78 is 5.62. The fourth-order valence-electron chi connectivity index (χ4n) is 2.97. The number of nitrogens with two attached hydrogens (primary N) is 1. The average Bonchev–Trinajstić information content (AvgIpc) is 2.59. The van der Waals surface area contributed by atoms with Gasteiger partial charge in [-0.3, -0.25) is 4.79 Å². The summed E-state index contributed by atoms with van der Waals surface area (Å²) in [5.74, 6) is 0.101. The van der Waals surface area contributed by atoms with Crippen molar-refractivity contribution in [3.63, 3.8) is 0 Å². The fourth-order valence-corrected chi connectivity index (χ4v) is 2.97.